The van der Waals surface area contributed by atoms with Crippen molar-refractivity contribution < 1.29 is 42.6 Å². The summed E-state index contributed by atoms with van der Waals surface area (Å²) in [5, 5.41) is 4.77. The molecule has 1 aromatic carbocycles. The summed E-state index contributed by atoms with van der Waals surface area (Å²) < 4.78 is 27.0. The smallest absolute Gasteiger partial charge is 0.329 e. The van der Waals surface area contributed by atoms with Crippen molar-refractivity contribution in [2.24, 2.45) is 5.92 Å². The lowest BCUT2D eigenvalue weighted by Crippen LogP contribution is -2.56. The van der Waals surface area contributed by atoms with Crippen molar-refractivity contribution in [1.29, 1.82) is 0 Å². The molecule has 0 saturated carbocycles. The van der Waals surface area contributed by atoms with Crippen LogP contribution in [0.4, 0.5) is 4.39 Å². The summed E-state index contributed by atoms with van der Waals surface area (Å²) in [6.45, 7) is 1.19. The Bertz CT molecular complexity index is 812. The summed E-state index contributed by atoms with van der Waals surface area (Å²) in [6, 6.07) is 2.51. The van der Waals surface area contributed by atoms with E-state index in [0.29, 0.717) is 5.56 Å². The second-order valence-electron chi connectivity index (χ2n) is 6.50. The van der Waals surface area contributed by atoms with E-state index >= 15 is 0 Å². The van der Waals surface area contributed by atoms with Gasteiger partial charge in [0.25, 0.3) is 0 Å². The van der Waals surface area contributed by atoms with Crippen LogP contribution in [0.25, 0.3) is 0 Å². The molecule has 0 spiro atoms. The standard InChI is InChI=1S/C20H25FN2O8/c1-11(24)22-15(9-12-5-7-13(21)8-6-12)18(26)23-17(20(28)31-4)14(19(27)30-3)10-16(25)29-2/h5-8,14-15,17H,9-10H2,1-4H3,(H,22,24)(H,23,26)/t14-,15+,17-/m1/s1. The largest absolute Gasteiger partial charge is 0.469 e. The number of rotatable bonds is 10. The molecule has 2 N–H and O–H groups in total. The van der Waals surface area contributed by atoms with Crippen LogP contribution in [-0.2, 0) is 44.6 Å². The number of benzene rings is 1. The van der Waals surface area contributed by atoms with Crippen LogP contribution in [0.15, 0.2) is 24.3 Å². The number of hydrogen-bond acceptors (Lipinski definition) is 8. The van der Waals surface area contributed by atoms with Crippen LogP contribution in [0, 0.1) is 11.7 Å². The highest BCUT2D eigenvalue weighted by Crippen LogP contribution is 2.15. The zero-order valence-corrected chi connectivity index (χ0v) is 17.6. The molecule has 2 amide bonds. The van der Waals surface area contributed by atoms with E-state index in [9.17, 15) is 28.4 Å². The monoisotopic (exact) mass is 440 g/mol. The molecule has 3 atom stereocenters. The molecule has 1 aromatic rings. The lowest BCUT2D eigenvalue weighted by molar-refractivity contribution is -0.159. The Morgan fingerprint density at radius 3 is 1.97 bits per heavy atom. The summed E-state index contributed by atoms with van der Waals surface area (Å²) in [4.78, 5) is 60.6. The third-order valence-electron chi connectivity index (χ3n) is 4.32. The van der Waals surface area contributed by atoms with Crippen LogP contribution in [0.1, 0.15) is 18.9 Å². The van der Waals surface area contributed by atoms with E-state index in [2.05, 4.69) is 24.8 Å². The van der Waals surface area contributed by atoms with Gasteiger partial charge in [-0.25, -0.2) is 9.18 Å². The van der Waals surface area contributed by atoms with Crippen LogP contribution in [0.3, 0.4) is 0 Å². The van der Waals surface area contributed by atoms with Crippen molar-refractivity contribution in [1.82, 2.24) is 10.6 Å². The first kappa shape index (κ1) is 25.5. The van der Waals surface area contributed by atoms with E-state index in [0.717, 1.165) is 21.3 Å². The van der Waals surface area contributed by atoms with Crippen molar-refractivity contribution in [3.63, 3.8) is 0 Å². The minimum Gasteiger partial charge on any atom is -0.469 e. The molecule has 0 aromatic heterocycles. The van der Waals surface area contributed by atoms with Gasteiger partial charge in [-0.05, 0) is 17.7 Å². The van der Waals surface area contributed by atoms with Crippen molar-refractivity contribution in [2.45, 2.75) is 31.8 Å². The Kier molecular flexibility index (Phi) is 10.1. The van der Waals surface area contributed by atoms with Crippen molar-refractivity contribution in [2.75, 3.05) is 21.3 Å². The highest BCUT2D eigenvalue weighted by molar-refractivity contribution is 5.94. The molecule has 0 aliphatic rings. The molecule has 0 aliphatic carbocycles. The zero-order chi connectivity index (χ0) is 23.6. The second kappa shape index (κ2) is 12.3. The highest BCUT2D eigenvalue weighted by Gasteiger charge is 2.39. The first-order chi connectivity index (χ1) is 14.6. The maximum atomic E-state index is 13.1. The van der Waals surface area contributed by atoms with Gasteiger partial charge in [0.05, 0.1) is 33.7 Å². The molecule has 0 bridgehead atoms. The van der Waals surface area contributed by atoms with Gasteiger partial charge in [-0.2, -0.15) is 0 Å². The average Bonchev–Trinajstić information content (AvgIpc) is 2.75. The fourth-order valence-electron chi connectivity index (χ4n) is 2.77. The molecule has 170 valence electrons. The minimum absolute atomic E-state index is 0.0283. The highest BCUT2D eigenvalue weighted by atomic mass is 19.1. The number of carbonyl (C=O) groups excluding carboxylic acids is 5. The fourth-order valence-corrected chi connectivity index (χ4v) is 2.77. The lowest BCUT2D eigenvalue weighted by Gasteiger charge is -2.26. The quantitative estimate of drug-likeness (QED) is 0.380. The topological polar surface area (TPSA) is 137 Å². The van der Waals surface area contributed by atoms with Gasteiger partial charge >= 0.3 is 17.9 Å². The summed E-state index contributed by atoms with van der Waals surface area (Å²) in [5.41, 5.74) is 0.531. The normalized spacial score (nSPS) is 13.2. The lowest BCUT2D eigenvalue weighted by atomic mass is 9.95. The zero-order valence-electron chi connectivity index (χ0n) is 17.6. The second-order valence-corrected chi connectivity index (χ2v) is 6.50. The predicted molar refractivity (Wildman–Crippen MR) is 104 cm³/mol. The molecular weight excluding hydrogens is 415 g/mol. The Balaban J connectivity index is 3.17. The average molecular weight is 440 g/mol. The maximum absolute atomic E-state index is 13.1. The Morgan fingerprint density at radius 1 is 0.903 bits per heavy atom. The Hall–Kier alpha value is -3.50. The molecule has 1 rings (SSSR count). The van der Waals surface area contributed by atoms with Crippen LogP contribution in [0.2, 0.25) is 0 Å². The maximum Gasteiger partial charge on any atom is 0.329 e. The number of hydrogen-bond donors (Lipinski definition) is 2. The number of esters is 3. The summed E-state index contributed by atoms with van der Waals surface area (Å²) in [5.74, 6) is -6.03. The molecule has 0 heterocycles. The van der Waals surface area contributed by atoms with Crippen LogP contribution in [0.5, 0.6) is 0 Å². The van der Waals surface area contributed by atoms with Gasteiger partial charge in [0, 0.05) is 13.3 Å². The van der Waals surface area contributed by atoms with Gasteiger partial charge in [0.15, 0.2) is 0 Å². The summed E-state index contributed by atoms with van der Waals surface area (Å²) in [6.07, 6.45) is -0.592. The molecular formula is C20H25FN2O8. The van der Waals surface area contributed by atoms with Crippen molar-refractivity contribution in [3.05, 3.63) is 35.6 Å². The molecule has 0 aliphatic heterocycles. The minimum atomic E-state index is -1.59. The van der Waals surface area contributed by atoms with E-state index in [1.165, 1.54) is 31.2 Å². The van der Waals surface area contributed by atoms with Gasteiger partial charge in [-0.15, -0.1) is 0 Å². The van der Waals surface area contributed by atoms with E-state index in [1.54, 1.807) is 0 Å². The predicted octanol–water partition coefficient (Wildman–Crippen LogP) is -0.117. The first-order valence-electron chi connectivity index (χ1n) is 9.17. The molecule has 0 radical (unpaired) electrons. The molecule has 0 unspecified atom stereocenters. The third kappa shape index (κ3) is 8.03. The van der Waals surface area contributed by atoms with Gasteiger partial charge in [-0.1, -0.05) is 12.1 Å². The van der Waals surface area contributed by atoms with Gasteiger partial charge < -0.3 is 24.8 Å². The molecule has 10 nitrogen and oxygen atoms in total. The van der Waals surface area contributed by atoms with Crippen LogP contribution < -0.4 is 10.6 Å². The third-order valence-corrected chi connectivity index (χ3v) is 4.32. The van der Waals surface area contributed by atoms with Gasteiger partial charge in [0.2, 0.25) is 11.8 Å². The molecule has 31 heavy (non-hydrogen) atoms. The summed E-state index contributed by atoms with van der Waals surface area (Å²) in [7, 11) is 3.19. The molecule has 11 heteroatoms. The number of halogens is 1. The number of amides is 2. The Labute approximate surface area is 178 Å². The van der Waals surface area contributed by atoms with Crippen LogP contribution >= 0.6 is 0 Å². The number of carbonyl (C=O) groups is 5. The number of ether oxygens (including phenoxy) is 3. The fraction of sp³-hybridized carbons (Fsp3) is 0.450. The van der Waals surface area contributed by atoms with E-state index in [-0.39, 0.29) is 6.42 Å². The van der Waals surface area contributed by atoms with Gasteiger partial charge in [0.1, 0.15) is 17.9 Å². The summed E-state index contributed by atoms with van der Waals surface area (Å²) >= 11 is 0. The van der Waals surface area contributed by atoms with E-state index in [4.69, 9.17) is 0 Å². The first-order valence-corrected chi connectivity index (χ1v) is 9.17. The van der Waals surface area contributed by atoms with Crippen molar-refractivity contribution >= 4 is 29.7 Å². The number of nitrogens with one attached hydrogen (secondary N) is 2. The van der Waals surface area contributed by atoms with Gasteiger partial charge in [-0.3, -0.25) is 19.2 Å². The van der Waals surface area contributed by atoms with Crippen LogP contribution in [-0.4, -0.2) is 63.1 Å². The SMILES string of the molecule is COC(=O)C[C@@H](C(=O)OC)[C@@H](NC(=O)[C@H](Cc1ccc(F)cc1)NC(C)=O)C(=O)OC. The Morgan fingerprint density at radius 2 is 1.48 bits per heavy atom. The molecule has 0 saturated heterocycles. The number of methoxy groups -OCH3 is 3. The van der Waals surface area contributed by atoms with Crippen molar-refractivity contribution in [3.8, 4) is 0 Å². The van der Waals surface area contributed by atoms with E-state index in [1.807, 2.05) is 0 Å². The molecule has 0 fully saturated rings. The van der Waals surface area contributed by atoms with E-state index < -0.39 is 60.0 Å².